The predicted molar refractivity (Wildman–Crippen MR) is 118 cm³/mol. The van der Waals surface area contributed by atoms with Crippen molar-refractivity contribution >= 4 is 35.1 Å². The molecular formula is C22H22N4O3S. The van der Waals surface area contributed by atoms with E-state index in [1.165, 1.54) is 11.8 Å². The van der Waals surface area contributed by atoms with E-state index >= 15 is 0 Å². The molecule has 2 aromatic carbocycles. The number of aromatic nitrogens is 2. The van der Waals surface area contributed by atoms with Gasteiger partial charge >= 0.3 is 0 Å². The van der Waals surface area contributed by atoms with Crippen LogP contribution in [0.2, 0.25) is 0 Å². The molecule has 3 rings (SSSR count). The third-order valence-electron chi connectivity index (χ3n) is 4.18. The lowest BCUT2D eigenvalue weighted by Gasteiger charge is -2.10. The summed E-state index contributed by atoms with van der Waals surface area (Å²) in [5.41, 5.74) is 3.28. The van der Waals surface area contributed by atoms with Gasteiger partial charge in [0.05, 0.1) is 18.6 Å². The van der Waals surface area contributed by atoms with Crippen LogP contribution in [0.1, 0.15) is 21.5 Å². The van der Waals surface area contributed by atoms with Crippen LogP contribution in [0.25, 0.3) is 0 Å². The Labute approximate surface area is 179 Å². The Kier molecular flexibility index (Phi) is 7.03. The maximum absolute atomic E-state index is 12.3. The molecule has 0 saturated heterocycles. The van der Waals surface area contributed by atoms with Crippen LogP contribution in [-0.4, -0.2) is 34.9 Å². The molecule has 2 amide bonds. The van der Waals surface area contributed by atoms with Crippen molar-refractivity contribution < 1.29 is 14.3 Å². The number of carbonyl (C=O) groups is 2. The molecule has 154 valence electrons. The van der Waals surface area contributed by atoms with E-state index in [-0.39, 0.29) is 17.6 Å². The smallest absolute Gasteiger partial charge is 0.256 e. The van der Waals surface area contributed by atoms with Gasteiger partial charge in [-0.05, 0) is 55.8 Å². The number of amides is 2. The Morgan fingerprint density at radius 2 is 1.67 bits per heavy atom. The quantitative estimate of drug-likeness (QED) is 0.557. The highest BCUT2D eigenvalue weighted by Gasteiger charge is 2.10. The molecule has 2 N–H and O–H groups in total. The first kappa shape index (κ1) is 21.3. The van der Waals surface area contributed by atoms with Crippen LogP contribution in [0.15, 0.2) is 59.6 Å². The first-order valence-electron chi connectivity index (χ1n) is 9.23. The Balaban J connectivity index is 1.53. The van der Waals surface area contributed by atoms with Gasteiger partial charge in [-0.1, -0.05) is 35.5 Å². The van der Waals surface area contributed by atoms with Gasteiger partial charge in [0.2, 0.25) is 5.91 Å². The van der Waals surface area contributed by atoms with Crippen molar-refractivity contribution in [3.05, 3.63) is 71.3 Å². The highest BCUT2D eigenvalue weighted by molar-refractivity contribution is 7.99. The monoisotopic (exact) mass is 422 g/mol. The lowest BCUT2D eigenvalue weighted by atomic mass is 10.1. The SMILES string of the molecule is COc1ccc(C)cc1NC(=O)CSc1ccc(NC(=O)c2ccc(C)cc2)nn1. The van der Waals surface area contributed by atoms with Crippen LogP contribution in [0.5, 0.6) is 5.75 Å². The molecule has 0 spiro atoms. The molecule has 1 aromatic heterocycles. The molecule has 0 radical (unpaired) electrons. The molecule has 0 fully saturated rings. The zero-order chi connectivity index (χ0) is 21.5. The number of nitrogens with zero attached hydrogens (tertiary/aromatic N) is 2. The van der Waals surface area contributed by atoms with Crippen molar-refractivity contribution in [2.24, 2.45) is 0 Å². The number of benzene rings is 2. The number of ether oxygens (including phenoxy) is 1. The van der Waals surface area contributed by atoms with Gasteiger partial charge in [0.1, 0.15) is 10.8 Å². The summed E-state index contributed by atoms with van der Waals surface area (Å²) in [6, 6.07) is 16.2. The minimum Gasteiger partial charge on any atom is -0.495 e. The molecule has 0 unspecified atom stereocenters. The van der Waals surface area contributed by atoms with E-state index in [0.717, 1.165) is 11.1 Å². The average Bonchev–Trinajstić information content (AvgIpc) is 2.74. The van der Waals surface area contributed by atoms with Crippen LogP contribution in [0, 0.1) is 13.8 Å². The minimum atomic E-state index is -0.254. The molecule has 3 aromatic rings. The number of carbonyl (C=O) groups excluding carboxylic acids is 2. The number of thioether (sulfide) groups is 1. The first-order chi connectivity index (χ1) is 14.4. The van der Waals surface area contributed by atoms with E-state index in [1.54, 1.807) is 31.4 Å². The van der Waals surface area contributed by atoms with Crippen LogP contribution in [0.3, 0.4) is 0 Å². The molecule has 1 heterocycles. The van der Waals surface area contributed by atoms with Crippen LogP contribution in [-0.2, 0) is 4.79 Å². The molecule has 8 heteroatoms. The van der Waals surface area contributed by atoms with E-state index in [0.29, 0.717) is 27.8 Å². The van der Waals surface area contributed by atoms with E-state index in [2.05, 4.69) is 20.8 Å². The van der Waals surface area contributed by atoms with Gasteiger partial charge in [0.15, 0.2) is 5.82 Å². The molecule has 7 nitrogen and oxygen atoms in total. The summed E-state index contributed by atoms with van der Waals surface area (Å²) in [5.74, 6) is 0.686. The van der Waals surface area contributed by atoms with Crippen molar-refractivity contribution in [1.29, 1.82) is 0 Å². The Morgan fingerprint density at radius 1 is 0.933 bits per heavy atom. The number of hydrogen-bond donors (Lipinski definition) is 2. The molecule has 0 saturated carbocycles. The van der Waals surface area contributed by atoms with Gasteiger partial charge in [-0.15, -0.1) is 10.2 Å². The second kappa shape index (κ2) is 9.89. The van der Waals surface area contributed by atoms with Gasteiger partial charge in [-0.3, -0.25) is 9.59 Å². The van der Waals surface area contributed by atoms with Gasteiger partial charge < -0.3 is 15.4 Å². The van der Waals surface area contributed by atoms with Crippen LogP contribution in [0.4, 0.5) is 11.5 Å². The largest absolute Gasteiger partial charge is 0.495 e. The Morgan fingerprint density at radius 3 is 2.33 bits per heavy atom. The third kappa shape index (κ3) is 5.81. The number of rotatable bonds is 7. The van der Waals surface area contributed by atoms with Gasteiger partial charge in [-0.2, -0.15) is 0 Å². The Bertz CT molecular complexity index is 1040. The number of methoxy groups -OCH3 is 1. The summed E-state index contributed by atoms with van der Waals surface area (Å²) in [7, 11) is 1.56. The number of nitrogens with one attached hydrogen (secondary N) is 2. The van der Waals surface area contributed by atoms with Crippen molar-refractivity contribution in [3.8, 4) is 5.75 Å². The first-order valence-corrected chi connectivity index (χ1v) is 10.2. The van der Waals surface area contributed by atoms with E-state index in [1.807, 2.05) is 44.2 Å². The van der Waals surface area contributed by atoms with Gasteiger partial charge in [0, 0.05) is 5.56 Å². The molecular weight excluding hydrogens is 400 g/mol. The fraction of sp³-hybridized carbons (Fsp3) is 0.182. The number of aryl methyl sites for hydroxylation is 2. The summed E-state index contributed by atoms with van der Waals surface area (Å²) in [5, 5.41) is 14.2. The summed E-state index contributed by atoms with van der Waals surface area (Å²) in [6.45, 7) is 3.90. The highest BCUT2D eigenvalue weighted by Crippen LogP contribution is 2.25. The lowest BCUT2D eigenvalue weighted by Crippen LogP contribution is -2.15. The zero-order valence-electron chi connectivity index (χ0n) is 16.9. The maximum atomic E-state index is 12.3. The summed E-state index contributed by atoms with van der Waals surface area (Å²) in [4.78, 5) is 24.5. The summed E-state index contributed by atoms with van der Waals surface area (Å²) >= 11 is 1.25. The fourth-order valence-corrected chi connectivity index (χ4v) is 3.22. The normalized spacial score (nSPS) is 10.4. The van der Waals surface area contributed by atoms with E-state index < -0.39 is 0 Å². The highest BCUT2D eigenvalue weighted by atomic mass is 32.2. The molecule has 30 heavy (non-hydrogen) atoms. The van der Waals surface area contributed by atoms with Crippen molar-refractivity contribution in [1.82, 2.24) is 10.2 Å². The average molecular weight is 423 g/mol. The van der Waals surface area contributed by atoms with E-state index in [9.17, 15) is 9.59 Å². The maximum Gasteiger partial charge on any atom is 0.256 e. The number of anilines is 2. The van der Waals surface area contributed by atoms with Crippen LogP contribution < -0.4 is 15.4 Å². The van der Waals surface area contributed by atoms with Crippen molar-refractivity contribution in [3.63, 3.8) is 0 Å². The second-order valence-electron chi connectivity index (χ2n) is 6.62. The lowest BCUT2D eigenvalue weighted by molar-refractivity contribution is -0.113. The van der Waals surface area contributed by atoms with Crippen LogP contribution >= 0.6 is 11.8 Å². The minimum absolute atomic E-state index is 0.168. The fourth-order valence-electron chi connectivity index (χ4n) is 2.60. The van der Waals surface area contributed by atoms with Gasteiger partial charge in [-0.25, -0.2) is 0 Å². The Hall–Kier alpha value is -3.39. The van der Waals surface area contributed by atoms with Crippen molar-refractivity contribution in [2.45, 2.75) is 18.9 Å². The molecule has 0 aliphatic rings. The summed E-state index contributed by atoms with van der Waals surface area (Å²) in [6.07, 6.45) is 0. The summed E-state index contributed by atoms with van der Waals surface area (Å²) < 4.78 is 5.27. The molecule has 0 atom stereocenters. The number of hydrogen-bond acceptors (Lipinski definition) is 6. The standard InChI is InChI=1S/C22H22N4O3S/c1-14-4-7-16(8-5-14)22(28)24-19-10-11-21(26-25-19)30-13-20(27)23-17-12-15(2)6-9-18(17)29-3/h4-12H,13H2,1-3H3,(H,23,27)(H,24,25,28). The molecule has 0 aliphatic heterocycles. The molecule has 0 bridgehead atoms. The molecule has 0 aliphatic carbocycles. The van der Waals surface area contributed by atoms with Crippen molar-refractivity contribution in [2.75, 3.05) is 23.5 Å². The van der Waals surface area contributed by atoms with E-state index in [4.69, 9.17) is 4.74 Å². The topological polar surface area (TPSA) is 93.2 Å². The predicted octanol–water partition coefficient (Wildman–Crippen LogP) is 4.09. The third-order valence-corrected chi connectivity index (χ3v) is 5.10. The zero-order valence-corrected chi connectivity index (χ0v) is 17.7. The van der Waals surface area contributed by atoms with Gasteiger partial charge in [0.25, 0.3) is 5.91 Å². The second-order valence-corrected chi connectivity index (χ2v) is 7.61.